The van der Waals surface area contributed by atoms with Crippen LogP contribution >= 0.6 is 11.3 Å². The Kier molecular flexibility index (Phi) is 3.39. The molecular weight excluding hydrogens is 258 g/mol. The molecule has 96 valence electrons. The summed E-state index contributed by atoms with van der Waals surface area (Å²) in [5, 5.41) is 0.902. The maximum Gasteiger partial charge on any atom is 0.146 e. The fourth-order valence-corrected chi connectivity index (χ4v) is 2.77. The molecule has 0 spiro atoms. The van der Waals surface area contributed by atoms with Crippen molar-refractivity contribution in [2.24, 2.45) is 5.73 Å². The largest absolute Gasteiger partial charge is 0.490 e. The summed E-state index contributed by atoms with van der Waals surface area (Å²) < 4.78 is 6.71. The predicted molar refractivity (Wildman–Crippen MR) is 77.4 cm³/mol. The first kappa shape index (κ1) is 12.1. The van der Waals surface area contributed by atoms with Crippen molar-refractivity contribution >= 4 is 21.6 Å². The topological polar surface area (TPSA) is 61.0 Å². The number of rotatable bonds is 4. The highest BCUT2D eigenvalue weighted by molar-refractivity contribution is 7.21. The minimum absolute atomic E-state index is 0.494. The van der Waals surface area contributed by atoms with Gasteiger partial charge < -0.3 is 10.5 Å². The Morgan fingerprint density at radius 3 is 2.89 bits per heavy atom. The average molecular weight is 271 g/mol. The van der Waals surface area contributed by atoms with Crippen LogP contribution in [0.2, 0.25) is 0 Å². The Balaban J connectivity index is 2.05. The highest BCUT2D eigenvalue weighted by atomic mass is 32.1. The van der Waals surface area contributed by atoms with E-state index in [4.69, 9.17) is 10.5 Å². The summed E-state index contributed by atoms with van der Waals surface area (Å²) >= 11 is 1.61. The molecule has 0 radical (unpaired) electrons. The van der Waals surface area contributed by atoms with Gasteiger partial charge in [-0.3, -0.25) is 4.98 Å². The summed E-state index contributed by atoms with van der Waals surface area (Å²) in [4.78, 5) is 8.95. The van der Waals surface area contributed by atoms with Gasteiger partial charge in [0.2, 0.25) is 0 Å². The van der Waals surface area contributed by atoms with Crippen LogP contribution in [0.15, 0.2) is 42.6 Å². The highest BCUT2D eigenvalue weighted by Crippen LogP contribution is 2.33. The van der Waals surface area contributed by atoms with Crippen molar-refractivity contribution in [3.8, 4) is 16.5 Å². The number of thiazole rings is 1. The molecule has 0 atom stereocenters. The first-order valence-corrected chi connectivity index (χ1v) is 6.84. The number of hydrogen-bond acceptors (Lipinski definition) is 5. The monoisotopic (exact) mass is 271 g/mol. The van der Waals surface area contributed by atoms with Crippen molar-refractivity contribution < 1.29 is 4.74 Å². The minimum atomic E-state index is 0.494. The second kappa shape index (κ2) is 5.34. The van der Waals surface area contributed by atoms with Crippen molar-refractivity contribution in [2.45, 2.75) is 0 Å². The highest BCUT2D eigenvalue weighted by Gasteiger charge is 2.10. The van der Waals surface area contributed by atoms with E-state index in [1.165, 1.54) is 0 Å². The molecule has 0 saturated carbocycles. The number of nitrogens with zero attached hydrogens (tertiary/aromatic N) is 2. The van der Waals surface area contributed by atoms with Gasteiger partial charge in [0.25, 0.3) is 0 Å². The maximum absolute atomic E-state index is 5.62. The molecule has 0 aliphatic carbocycles. The molecule has 0 unspecified atom stereocenters. The zero-order valence-electron chi connectivity index (χ0n) is 10.2. The molecule has 0 amide bonds. The molecule has 0 aliphatic heterocycles. The third-order valence-electron chi connectivity index (χ3n) is 2.64. The summed E-state index contributed by atoms with van der Waals surface area (Å²) in [7, 11) is 0. The zero-order valence-corrected chi connectivity index (χ0v) is 11.1. The normalized spacial score (nSPS) is 10.8. The van der Waals surface area contributed by atoms with Gasteiger partial charge in [0.05, 0.1) is 10.4 Å². The molecule has 0 fully saturated rings. The lowest BCUT2D eigenvalue weighted by Gasteiger charge is -2.03. The van der Waals surface area contributed by atoms with Gasteiger partial charge in [-0.25, -0.2) is 4.98 Å². The molecular formula is C14H13N3OS. The number of nitrogens with two attached hydrogens (primary N) is 1. The quantitative estimate of drug-likeness (QED) is 0.792. The van der Waals surface area contributed by atoms with Crippen LogP contribution in [0.3, 0.4) is 0 Å². The number of benzene rings is 1. The van der Waals surface area contributed by atoms with Crippen molar-refractivity contribution in [3.63, 3.8) is 0 Å². The van der Waals surface area contributed by atoms with Crippen LogP contribution < -0.4 is 10.5 Å². The minimum Gasteiger partial charge on any atom is -0.490 e. The van der Waals surface area contributed by atoms with E-state index in [1.807, 2.05) is 36.4 Å². The number of pyridine rings is 1. The van der Waals surface area contributed by atoms with Crippen molar-refractivity contribution in [2.75, 3.05) is 13.2 Å². The lowest BCUT2D eigenvalue weighted by Crippen LogP contribution is -2.10. The van der Waals surface area contributed by atoms with Crippen LogP contribution in [-0.2, 0) is 0 Å². The molecule has 4 nitrogen and oxygen atoms in total. The van der Waals surface area contributed by atoms with E-state index >= 15 is 0 Å². The van der Waals surface area contributed by atoms with E-state index in [0.29, 0.717) is 13.2 Å². The Hall–Kier alpha value is -1.98. The molecule has 3 aromatic rings. The summed E-state index contributed by atoms with van der Waals surface area (Å²) in [6.45, 7) is 0.989. The smallest absolute Gasteiger partial charge is 0.146 e. The van der Waals surface area contributed by atoms with Crippen molar-refractivity contribution in [3.05, 3.63) is 42.6 Å². The molecule has 5 heteroatoms. The lowest BCUT2D eigenvalue weighted by molar-refractivity contribution is 0.331. The SMILES string of the molecule is NCCOc1cccc2sc(-c3ccccn3)nc12. The van der Waals surface area contributed by atoms with E-state index in [-0.39, 0.29) is 0 Å². The van der Waals surface area contributed by atoms with Crippen molar-refractivity contribution in [1.82, 2.24) is 9.97 Å². The second-order valence-electron chi connectivity index (χ2n) is 3.97. The average Bonchev–Trinajstić information content (AvgIpc) is 2.90. The zero-order chi connectivity index (χ0) is 13.1. The van der Waals surface area contributed by atoms with Crippen LogP contribution in [0.4, 0.5) is 0 Å². The molecule has 0 aliphatic rings. The van der Waals surface area contributed by atoms with Crippen LogP contribution in [-0.4, -0.2) is 23.1 Å². The summed E-state index contributed by atoms with van der Waals surface area (Å²) in [5.74, 6) is 0.779. The fourth-order valence-electron chi connectivity index (χ4n) is 1.81. The second-order valence-corrected chi connectivity index (χ2v) is 5.00. The third-order valence-corrected chi connectivity index (χ3v) is 3.68. The molecule has 2 N–H and O–H groups in total. The van der Waals surface area contributed by atoms with Gasteiger partial charge in [0.1, 0.15) is 22.9 Å². The van der Waals surface area contributed by atoms with Crippen LogP contribution in [0.25, 0.3) is 20.9 Å². The van der Waals surface area contributed by atoms with Gasteiger partial charge >= 0.3 is 0 Å². The van der Waals surface area contributed by atoms with Gasteiger partial charge in [-0.05, 0) is 24.3 Å². The molecule has 0 bridgehead atoms. The van der Waals surface area contributed by atoms with Crippen molar-refractivity contribution in [1.29, 1.82) is 0 Å². The summed E-state index contributed by atoms with van der Waals surface area (Å²) in [6.07, 6.45) is 1.77. The van der Waals surface area contributed by atoms with E-state index in [1.54, 1.807) is 17.5 Å². The number of para-hydroxylation sites is 1. The molecule has 3 rings (SSSR count). The van der Waals surface area contributed by atoms with Gasteiger partial charge in [-0.15, -0.1) is 11.3 Å². The van der Waals surface area contributed by atoms with Gasteiger partial charge in [0, 0.05) is 12.7 Å². The maximum atomic E-state index is 5.62. The van der Waals surface area contributed by atoms with Crippen LogP contribution in [0.5, 0.6) is 5.75 Å². The van der Waals surface area contributed by atoms with Gasteiger partial charge in [-0.2, -0.15) is 0 Å². The fraction of sp³-hybridized carbons (Fsp3) is 0.143. The van der Waals surface area contributed by atoms with Gasteiger partial charge in [0.15, 0.2) is 0 Å². The first-order chi connectivity index (χ1) is 9.38. The number of hydrogen-bond donors (Lipinski definition) is 1. The number of aromatic nitrogens is 2. The summed E-state index contributed by atoms with van der Waals surface area (Å²) in [6, 6.07) is 11.7. The van der Waals surface area contributed by atoms with Crippen LogP contribution in [0.1, 0.15) is 0 Å². The first-order valence-electron chi connectivity index (χ1n) is 6.02. The standard InChI is InChI=1S/C14H13N3OS/c15-7-9-18-11-5-3-6-12-13(11)17-14(19-12)10-4-1-2-8-16-10/h1-6,8H,7,9,15H2. The lowest BCUT2D eigenvalue weighted by atomic mass is 10.3. The van der Waals surface area contributed by atoms with Gasteiger partial charge in [-0.1, -0.05) is 12.1 Å². The van der Waals surface area contributed by atoms with Crippen LogP contribution in [0, 0.1) is 0 Å². The Morgan fingerprint density at radius 2 is 2.11 bits per heavy atom. The number of ether oxygens (including phenoxy) is 1. The molecule has 19 heavy (non-hydrogen) atoms. The van der Waals surface area contributed by atoms with E-state index in [2.05, 4.69) is 9.97 Å². The Morgan fingerprint density at radius 1 is 1.16 bits per heavy atom. The molecule has 1 aromatic carbocycles. The van der Waals surface area contributed by atoms with E-state index < -0.39 is 0 Å². The molecule has 2 aromatic heterocycles. The van der Waals surface area contributed by atoms with E-state index in [0.717, 1.165) is 26.7 Å². The third kappa shape index (κ3) is 2.43. The summed E-state index contributed by atoms with van der Waals surface area (Å²) in [5.41, 5.74) is 7.22. The number of fused-ring (bicyclic) bond motifs is 1. The predicted octanol–water partition coefficient (Wildman–Crippen LogP) is 2.70. The van der Waals surface area contributed by atoms with E-state index in [9.17, 15) is 0 Å². The molecule has 2 heterocycles. The molecule has 0 saturated heterocycles. The Labute approximate surface area is 114 Å². The Bertz CT molecular complexity index is 681.